The Morgan fingerprint density at radius 2 is 2.11 bits per heavy atom. The van der Waals surface area contributed by atoms with Crippen LogP contribution in [0.5, 0.6) is 0 Å². The lowest BCUT2D eigenvalue weighted by molar-refractivity contribution is -0.515. The zero-order valence-electron chi connectivity index (χ0n) is 10.6. The zero-order chi connectivity index (χ0) is 13.7. The van der Waals surface area contributed by atoms with E-state index in [2.05, 4.69) is 11.6 Å². The molecule has 0 aromatic heterocycles. The van der Waals surface area contributed by atoms with Crippen LogP contribution in [-0.4, -0.2) is 41.4 Å². The molecule has 0 bridgehead atoms. The molecule has 96 valence electrons. The highest BCUT2D eigenvalue weighted by atomic mass is 16.5. The topological polar surface area (TPSA) is 46.4 Å². The summed E-state index contributed by atoms with van der Waals surface area (Å²) >= 11 is 0. The van der Waals surface area contributed by atoms with Gasteiger partial charge in [0.25, 0.3) is 0 Å². The van der Waals surface area contributed by atoms with Crippen molar-refractivity contribution in [1.29, 1.82) is 0 Å². The third-order valence-corrected chi connectivity index (χ3v) is 2.64. The predicted octanol–water partition coefficient (Wildman–Crippen LogP) is 1.21. The average Bonchev–Trinajstić information content (AvgIpc) is 2.39. The Morgan fingerprint density at radius 3 is 2.79 bits per heavy atom. The quantitative estimate of drug-likeness (QED) is 0.352. The van der Waals surface area contributed by atoms with Crippen LogP contribution >= 0.6 is 0 Å². The van der Waals surface area contributed by atoms with Crippen molar-refractivity contribution in [2.24, 2.45) is 0 Å². The van der Waals surface area contributed by atoms with Crippen LogP contribution in [0.25, 0.3) is 0 Å². The third-order valence-electron chi connectivity index (χ3n) is 2.64. The molecule has 1 aliphatic heterocycles. The first kappa shape index (κ1) is 13.0. The summed E-state index contributed by atoms with van der Waals surface area (Å²) < 4.78 is 6.73. The van der Waals surface area contributed by atoms with E-state index in [1.807, 2.05) is 18.2 Å². The Kier molecular flexibility index (Phi) is 4.09. The lowest BCUT2D eigenvalue weighted by Gasteiger charge is -2.10. The summed E-state index contributed by atoms with van der Waals surface area (Å²) in [5.41, 5.74) is 3.42. The highest BCUT2D eigenvalue weighted by molar-refractivity contribution is 5.96. The highest BCUT2D eigenvalue weighted by Gasteiger charge is 2.21. The van der Waals surface area contributed by atoms with Gasteiger partial charge in [-0.2, -0.15) is 4.58 Å². The molecule has 1 aromatic rings. The number of esters is 1. The van der Waals surface area contributed by atoms with Crippen molar-refractivity contribution in [2.75, 3.05) is 13.1 Å². The number of hydrogen-bond donors (Lipinski definition) is 0. The first-order valence-electron chi connectivity index (χ1n) is 6.00. The van der Waals surface area contributed by atoms with E-state index in [-0.39, 0.29) is 24.4 Å². The number of hydrogen-bond acceptors (Lipinski definition) is 3. The number of rotatable bonds is 4. The molecule has 2 rings (SSSR count). The second-order valence-electron chi connectivity index (χ2n) is 4.24. The van der Waals surface area contributed by atoms with Crippen LogP contribution in [0.1, 0.15) is 17.3 Å². The molecule has 1 aromatic carbocycles. The molecule has 0 radical (unpaired) electrons. The molecule has 0 saturated carbocycles. The molecule has 0 amide bonds. The number of carbonyl (C=O) groups excluding carboxylic acids is 2. The second kappa shape index (κ2) is 5.96. The minimum atomic E-state index is -0.373. The smallest absolute Gasteiger partial charge is 0.303 e. The Bertz CT molecular complexity index is 591. The Balaban J connectivity index is 2.01. The lowest BCUT2D eigenvalue weighted by atomic mass is 10.1. The van der Waals surface area contributed by atoms with Gasteiger partial charge in [-0.05, 0) is 5.73 Å². The maximum atomic E-state index is 12.0. The Labute approximate surface area is 111 Å². The second-order valence-corrected chi connectivity index (χ2v) is 4.24. The normalized spacial score (nSPS) is 16.9. The van der Waals surface area contributed by atoms with Gasteiger partial charge in [0.15, 0.2) is 12.6 Å². The number of ether oxygens (including phenoxy) is 1. The summed E-state index contributed by atoms with van der Waals surface area (Å²) in [5, 5.41) is 0. The fourth-order valence-corrected chi connectivity index (χ4v) is 1.81. The summed E-state index contributed by atoms with van der Waals surface area (Å²) in [7, 11) is 0. The van der Waals surface area contributed by atoms with E-state index in [0.29, 0.717) is 12.1 Å². The van der Waals surface area contributed by atoms with Crippen LogP contribution in [0.2, 0.25) is 0 Å². The molecule has 4 heteroatoms. The van der Waals surface area contributed by atoms with Crippen molar-refractivity contribution in [3.05, 3.63) is 47.7 Å². The monoisotopic (exact) mass is 256 g/mol. The fourth-order valence-electron chi connectivity index (χ4n) is 1.81. The maximum absolute atomic E-state index is 12.0. The van der Waals surface area contributed by atoms with Gasteiger partial charge in [0, 0.05) is 18.6 Å². The Hall–Kier alpha value is -2.41. The standard InChI is InChI=1S/C15H14NO3/c1-12(17)19-14-8-5-9-16(10-14)11-15(18)13-6-3-2-4-7-13/h2-4,6-8,14H,10-11H2,1H3/q+1. The molecule has 1 aliphatic rings. The van der Waals surface area contributed by atoms with Gasteiger partial charge in [0.1, 0.15) is 0 Å². The molecular formula is C15H14NO3+. The summed E-state index contributed by atoms with van der Waals surface area (Å²) in [4.78, 5) is 22.9. The van der Waals surface area contributed by atoms with Crippen molar-refractivity contribution < 1.29 is 18.9 Å². The first-order chi connectivity index (χ1) is 9.15. The molecule has 0 spiro atoms. The fraction of sp³-hybridized carbons (Fsp3) is 0.267. The largest absolute Gasteiger partial charge is 0.451 e. The van der Waals surface area contributed by atoms with Crippen molar-refractivity contribution in [1.82, 2.24) is 0 Å². The molecule has 1 unspecified atom stereocenters. The van der Waals surface area contributed by atoms with E-state index in [1.165, 1.54) is 6.92 Å². The number of benzene rings is 1. The van der Waals surface area contributed by atoms with Gasteiger partial charge in [-0.1, -0.05) is 30.3 Å². The van der Waals surface area contributed by atoms with Crippen LogP contribution in [0.15, 0.2) is 42.1 Å². The van der Waals surface area contributed by atoms with Crippen molar-refractivity contribution in [2.45, 2.75) is 13.0 Å². The van der Waals surface area contributed by atoms with Gasteiger partial charge in [0.2, 0.25) is 18.2 Å². The van der Waals surface area contributed by atoms with Gasteiger partial charge in [-0.15, -0.1) is 0 Å². The van der Waals surface area contributed by atoms with E-state index >= 15 is 0 Å². The molecule has 0 saturated heterocycles. The maximum Gasteiger partial charge on any atom is 0.303 e. The third kappa shape index (κ3) is 3.78. The number of carbonyl (C=O) groups is 2. The molecule has 0 fully saturated rings. The van der Waals surface area contributed by atoms with Crippen LogP contribution < -0.4 is 0 Å². The summed E-state index contributed by atoms with van der Waals surface area (Å²) in [6.07, 6.45) is 1.26. The minimum Gasteiger partial charge on any atom is -0.451 e. The van der Waals surface area contributed by atoms with E-state index < -0.39 is 0 Å². The zero-order valence-corrected chi connectivity index (χ0v) is 10.6. The minimum absolute atomic E-state index is 0.00150. The molecule has 1 atom stereocenters. The molecule has 4 nitrogen and oxygen atoms in total. The van der Waals surface area contributed by atoms with Crippen molar-refractivity contribution in [3.8, 4) is 0 Å². The Morgan fingerprint density at radius 1 is 1.37 bits per heavy atom. The van der Waals surface area contributed by atoms with E-state index in [1.54, 1.807) is 22.8 Å². The summed E-state index contributed by atoms with van der Waals surface area (Å²) in [5.74, 6) is 2.49. The van der Waals surface area contributed by atoms with Gasteiger partial charge in [-0.25, -0.2) is 0 Å². The number of ketones is 1. The van der Waals surface area contributed by atoms with E-state index in [9.17, 15) is 9.59 Å². The van der Waals surface area contributed by atoms with E-state index in [4.69, 9.17) is 4.74 Å². The molecule has 0 aliphatic carbocycles. The van der Waals surface area contributed by atoms with Crippen LogP contribution in [0.4, 0.5) is 0 Å². The van der Waals surface area contributed by atoms with Crippen LogP contribution in [0.3, 0.4) is 0 Å². The molecule has 19 heavy (non-hydrogen) atoms. The van der Waals surface area contributed by atoms with Crippen LogP contribution in [-0.2, 0) is 9.53 Å². The first-order valence-corrected chi connectivity index (χ1v) is 6.00. The lowest BCUT2D eigenvalue weighted by Crippen LogP contribution is -2.31. The van der Waals surface area contributed by atoms with Gasteiger partial charge < -0.3 is 4.74 Å². The van der Waals surface area contributed by atoms with Gasteiger partial charge >= 0.3 is 5.97 Å². The highest BCUT2D eigenvalue weighted by Crippen LogP contribution is 2.02. The van der Waals surface area contributed by atoms with Crippen molar-refractivity contribution in [3.63, 3.8) is 0 Å². The number of nitrogens with zero attached hydrogens (tertiary/aromatic N) is 1. The summed E-state index contributed by atoms with van der Waals surface area (Å²) in [6, 6.07) is 9.06. The number of Topliss-reactive ketones (excluding diaryl/α,β-unsaturated/α-hetero) is 1. The van der Waals surface area contributed by atoms with E-state index in [0.717, 1.165) is 0 Å². The predicted molar refractivity (Wildman–Crippen MR) is 69.4 cm³/mol. The average molecular weight is 256 g/mol. The molecule has 1 heterocycles. The van der Waals surface area contributed by atoms with Crippen molar-refractivity contribution >= 4 is 17.6 Å². The SMILES string of the molecule is CC(=O)OC1C=C=C=[N+](CC(=O)c2ccccc2)C1. The molecule has 0 N–H and O–H groups in total. The summed E-state index contributed by atoms with van der Waals surface area (Å²) in [6.45, 7) is 1.98. The van der Waals surface area contributed by atoms with Crippen LogP contribution in [0, 0.1) is 0 Å². The molecular weight excluding hydrogens is 242 g/mol. The van der Waals surface area contributed by atoms with Gasteiger partial charge in [-0.3, -0.25) is 9.59 Å². The van der Waals surface area contributed by atoms with Gasteiger partial charge in [0.05, 0.1) is 0 Å².